The average Bonchev–Trinajstić information content (AvgIpc) is 2.31. The van der Waals surface area contributed by atoms with Gasteiger partial charge in [0, 0.05) is 18.6 Å². The van der Waals surface area contributed by atoms with Crippen LogP contribution in [0.15, 0.2) is 24.3 Å². The maximum absolute atomic E-state index is 8.60. The number of nitrogens with zero attached hydrogens (tertiary/aromatic N) is 1. The summed E-state index contributed by atoms with van der Waals surface area (Å²) in [6.45, 7) is 5.66. The molecule has 0 radical (unpaired) electrons. The Hall–Kier alpha value is -1.31. The molecule has 0 saturated carbocycles. The molecule has 1 heterocycles. The third-order valence-electron chi connectivity index (χ3n) is 2.79. The largest absolute Gasteiger partial charge is 0.493 e. The van der Waals surface area contributed by atoms with Gasteiger partial charge in [0.25, 0.3) is 0 Å². The molecule has 0 bridgehead atoms. The molecule has 1 fully saturated rings. The average molecular weight is 229 g/mol. The van der Waals surface area contributed by atoms with Crippen molar-refractivity contribution in [2.75, 3.05) is 13.2 Å². The van der Waals surface area contributed by atoms with Gasteiger partial charge in [-0.2, -0.15) is 5.26 Å². The van der Waals surface area contributed by atoms with Gasteiger partial charge in [0.2, 0.25) is 0 Å². The van der Waals surface area contributed by atoms with E-state index in [0.717, 1.165) is 11.0 Å². The summed E-state index contributed by atoms with van der Waals surface area (Å²) in [6, 6.07) is 9.97. The Morgan fingerprint density at radius 3 is 2.35 bits per heavy atom. The smallest absolute Gasteiger partial charge is 0.407 e. The minimum absolute atomic E-state index is 0.0945. The first-order valence-corrected chi connectivity index (χ1v) is 5.80. The van der Waals surface area contributed by atoms with Crippen LogP contribution in [0.1, 0.15) is 19.4 Å². The van der Waals surface area contributed by atoms with E-state index in [0.29, 0.717) is 19.6 Å². The molecule has 0 aromatic heterocycles. The van der Waals surface area contributed by atoms with E-state index in [1.165, 1.54) is 0 Å². The van der Waals surface area contributed by atoms with Gasteiger partial charge in [0.05, 0.1) is 12.5 Å². The Kier molecular flexibility index (Phi) is 3.51. The van der Waals surface area contributed by atoms with E-state index < -0.39 is 0 Å². The lowest BCUT2D eigenvalue weighted by molar-refractivity contribution is 0.0343. The summed E-state index contributed by atoms with van der Waals surface area (Å²) in [5.41, 5.74) is 2.13. The molecule has 88 valence electrons. The van der Waals surface area contributed by atoms with Gasteiger partial charge in [0.15, 0.2) is 0 Å². The van der Waals surface area contributed by atoms with Crippen molar-refractivity contribution in [1.82, 2.24) is 0 Å². The molecule has 1 aromatic carbocycles. The highest BCUT2D eigenvalue weighted by molar-refractivity contribution is 6.61. The normalized spacial score (nSPS) is 18.8. The van der Waals surface area contributed by atoms with Gasteiger partial charge in [-0.05, 0) is 11.0 Å². The summed E-state index contributed by atoms with van der Waals surface area (Å²) in [5, 5.41) is 8.60. The molecule has 3 nitrogen and oxygen atoms in total. The highest BCUT2D eigenvalue weighted by atomic mass is 16.6. The zero-order valence-electron chi connectivity index (χ0n) is 10.3. The summed E-state index contributed by atoms with van der Waals surface area (Å²) >= 11 is 0. The number of benzene rings is 1. The van der Waals surface area contributed by atoms with Gasteiger partial charge in [-0.1, -0.05) is 38.1 Å². The fraction of sp³-hybridized carbons (Fsp3) is 0.462. The Labute approximate surface area is 102 Å². The van der Waals surface area contributed by atoms with Crippen LogP contribution in [0.3, 0.4) is 0 Å². The maximum atomic E-state index is 8.60. The third-order valence-corrected chi connectivity index (χ3v) is 2.79. The van der Waals surface area contributed by atoms with Crippen LogP contribution in [0, 0.1) is 16.7 Å². The number of hydrogen-bond acceptors (Lipinski definition) is 3. The minimum atomic E-state index is -0.265. The van der Waals surface area contributed by atoms with Crippen molar-refractivity contribution in [2.24, 2.45) is 5.41 Å². The fourth-order valence-electron chi connectivity index (χ4n) is 1.77. The first-order valence-electron chi connectivity index (χ1n) is 5.80. The highest BCUT2D eigenvalue weighted by Crippen LogP contribution is 2.21. The molecule has 0 N–H and O–H groups in total. The quantitative estimate of drug-likeness (QED) is 0.722. The van der Waals surface area contributed by atoms with Crippen LogP contribution in [-0.4, -0.2) is 20.3 Å². The van der Waals surface area contributed by atoms with Gasteiger partial charge < -0.3 is 9.31 Å². The van der Waals surface area contributed by atoms with Crippen LogP contribution in [0.2, 0.25) is 0 Å². The van der Waals surface area contributed by atoms with Crippen LogP contribution in [-0.2, 0) is 15.7 Å². The van der Waals surface area contributed by atoms with Gasteiger partial charge in [-0.3, -0.25) is 0 Å². The maximum Gasteiger partial charge on any atom is 0.493 e. The van der Waals surface area contributed by atoms with Crippen molar-refractivity contribution in [3.8, 4) is 6.07 Å². The van der Waals surface area contributed by atoms with Crippen molar-refractivity contribution >= 4 is 12.6 Å². The molecule has 0 amide bonds. The van der Waals surface area contributed by atoms with Gasteiger partial charge in [0.1, 0.15) is 0 Å². The van der Waals surface area contributed by atoms with E-state index in [1.807, 2.05) is 24.3 Å². The van der Waals surface area contributed by atoms with Crippen molar-refractivity contribution in [3.63, 3.8) is 0 Å². The monoisotopic (exact) mass is 229 g/mol. The zero-order chi connectivity index (χ0) is 12.3. The van der Waals surface area contributed by atoms with E-state index >= 15 is 0 Å². The van der Waals surface area contributed by atoms with E-state index in [1.54, 1.807) is 0 Å². The molecule has 2 rings (SSSR count). The highest BCUT2D eigenvalue weighted by Gasteiger charge is 2.33. The second-order valence-corrected chi connectivity index (χ2v) is 5.19. The molecule has 4 heteroatoms. The molecule has 0 atom stereocenters. The Morgan fingerprint density at radius 2 is 1.82 bits per heavy atom. The Bertz CT molecular complexity index is 412. The van der Waals surface area contributed by atoms with Crippen molar-refractivity contribution in [2.45, 2.75) is 20.3 Å². The van der Waals surface area contributed by atoms with Gasteiger partial charge >= 0.3 is 7.12 Å². The molecule has 1 aliphatic heterocycles. The lowest BCUT2D eigenvalue weighted by atomic mass is 9.75. The minimum Gasteiger partial charge on any atom is -0.407 e. The first kappa shape index (κ1) is 12.2. The summed E-state index contributed by atoms with van der Waals surface area (Å²) in [4.78, 5) is 0. The zero-order valence-corrected chi connectivity index (χ0v) is 10.3. The molecular formula is C13H16BNO2. The van der Waals surface area contributed by atoms with E-state index in [-0.39, 0.29) is 12.5 Å². The number of hydrogen-bond donors (Lipinski definition) is 0. The molecule has 1 aromatic rings. The molecule has 0 spiro atoms. The molecule has 0 unspecified atom stereocenters. The van der Waals surface area contributed by atoms with Gasteiger partial charge in [-0.25, -0.2) is 0 Å². The molecule has 1 saturated heterocycles. The van der Waals surface area contributed by atoms with E-state index in [4.69, 9.17) is 14.6 Å². The SMILES string of the molecule is CC1(C)COB(c2ccc(CC#N)cc2)OC1. The second-order valence-electron chi connectivity index (χ2n) is 5.19. The summed E-state index contributed by atoms with van der Waals surface area (Å²) in [6.07, 6.45) is 0.444. The topological polar surface area (TPSA) is 42.2 Å². The Morgan fingerprint density at radius 1 is 1.24 bits per heavy atom. The van der Waals surface area contributed by atoms with Crippen LogP contribution in [0.5, 0.6) is 0 Å². The van der Waals surface area contributed by atoms with Crippen molar-refractivity contribution in [3.05, 3.63) is 29.8 Å². The van der Waals surface area contributed by atoms with Crippen LogP contribution in [0.25, 0.3) is 0 Å². The lowest BCUT2D eigenvalue weighted by Crippen LogP contribution is -2.47. The Balaban J connectivity index is 2.02. The van der Waals surface area contributed by atoms with Crippen molar-refractivity contribution < 1.29 is 9.31 Å². The molecule has 17 heavy (non-hydrogen) atoms. The third kappa shape index (κ3) is 3.09. The molecule has 0 aliphatic carbocycles. The predicted octanol–water partition coefficient (Wildman–Crippen LogP) is 1.52. The summed E-state index contributed by atoms with van der Waals surface area (Å²) in [7, 11) is -0.265. The predicted molar refractivity (Wildman–Crippen MR) is 66.8 cm³/mol. The summed E-state index contributed by atoms with van der Waals surface area (Å²) in [5.74, 6) is 0. The van der Waals surface area contributed by atoms with Crippen LogP contribution < -0.4 is 5.46 Å². The second kappa shape index (κ2) is 4.91. The number of rotatable bonds is 2. The van der Waals surface area contributed by atoms with Gasteiger partial charge in [-0.15, -0.1) is 0 Å². The van der Waals surface area contributed by atoms with Crippen molar-refractivity contribution in [1.29, 1.82) is 5.26 Å². The lowest BCUT2D eigenvalue weighted by Gasteiger charge is -2.33. The van der Waals surface area contributed by atoms with Crippen LogP contribution in [0.4, 0.5) is 0 Å². The number of nitriles is 1. The van der Waals surface area contributed by atoms with E-state index in [9.17, 15) is 0 Å². The van der Waals surface area contributed by atoms with E-state index in [2.05, 4.69) is 19.9 Å². The fourth-order valence-corrected chi connectivity index (χ4v) is 1.77. The van der Waals surface area contributed by atoms with Crippen LogP contribution >= 0.6 is 0 Å². The first-order chi connectivity index (χ1) is 8.11. The molecular weight excluding hydrogens is 213 g/mol. The summed E-state index contributed by atoms with van der Waals surface area (Å²) < 4.78 is 11.4. The standard InChI is InChI=1S/C13H16BNO2/c1-13(2)9-16-14(17-10-13)12-5-3-11(4-6-12)7-8-15/h3-6H,7,9-10H2,1-2H3. The molecule has 1 aliphatic rings.